The summed E-state index contributed by atoms with van der Waals surface area (Å²) in [5.74, 6) is 2.01. The maximum Gasteiger partial charge on any atom is 0.175 e. The Bertz CT molecular complexity index is 1630. The van der Waals surface area contributed by atoms with Crippen molar-refractivity contribution >= 4 is 20.9 Å². The van der Waals surface area contributed by atoms with E-state index in [2.05, 4.69) is 29.0 Å². The van der Waals surface area contributed by atoms with Crippen LogP contribution in [0.15, 0.2) is 59.5 Å². The Morgan fingerprint density at radius 1 is 0.895 bits per heavy atom. The Morgan fingerprint density at radius 3 is 2.18 bits per heavy atom. The molecule has 6 rings (SSSR count). The molecule has 0 amide bonds. The lowest BCUT2D eigenvalue weighted by Gasteiger charge is -2.19. The molecule has 2 aliphatic rings. The number of fused-ring (bicyclic) bond motifs is 2. The second-order valence-corrected chi connectivity index (χ2v) is 13.2. The van der Waals surface area contributed by atoms with Gasteiger partial charge in [0.1, 0.15) is 11.6 Å². The number of sulfone groups is 1. The molecule has 4 aromatic rings. The van der Waals surface area contributed by atoms with E-state index in [1.54, 1.807) is 30.3 Å². The molecular weight excluding hydrogens is 499 g/mol. The molecule has 2 atom stereocenters. The predicted octanol–water partition coefficient (Wildman–Crippen LogP) is 4.75. The van der Waals surface area contributed by atoms with Gasteiger partial charge in [0, 0.05) is 57.2 Å². The van der Waals surface area contributed by atoms with Gasteiger partial charge in [-0.2, -0.15) is 0 Å². The van der Waals surface area contributed by atoms with Crippen LogP contribution in [0.1, 0.15) is 11.1 Å². The average molecular weight is 533 g/mol. The highest BCUT2D eigenvalue weighted by Crippen LogP contribution is 2.34. The maximum atomic E-state index is 15.3. The lowest BCUT2D eigenvalue weighted by atomic mass is 10.0. The van der Waals surface area contributed by atoms with Crippen LogP contribution in [0.2, 0.25) is 0 Å². The van der Waals surface area contributed by atoms with Gasteiger partial charge in [-0.15, -0.1) is 0 Å². The molecule has 0 spiro atoms. The summed E-state index contributed by atoms with van der Waals surface area (Å²) in [5.41, 5.74) is 6.20. The normalized spacial score (nSPS) is 20.4. The van der Waals surface area contributed by atoms with E-state index in [1.807, 2.05) is 30.7 Å². The van der Waals surface area contributed by atoms with Gasteiger partial charge < -0.3 is 9.47 Å². The van der Waals surface area contributed by atoms with E-state index in [1.165, 1.54) is 6.26 Å². The first-order valence-corrected chi connectivity index (χ1v) is 14.9. The van der Waals surface area contributed by atoms with Gasteiger partial charge in [-0.25, -0.2) is 17.8 Å². The van der Waals surface area contributed by atoms with Gasteiger partial charge in [0.05, 0.1) is 15.9 Å². The van der Waals surface area contributed by atoms with Crippen molar-refractivity contribution in [3.05, 3.63) is 71.5 Å². The zero-order valence-electron chi connectivity index (χ0n) is 22.3. The maximum absolute atomic E-state index is 15.3. The van der Waals surface area contributed by atoms with Crippen LogP contribution in [-0.2, 0) is 23.4 Å². The second-order valence-electron chi connectivity index (χ2n) is 11.2. The summed E-state index contributed by atoms with van der Waals surface area (Å²) in [6.45, 7) is 7.06. The molecule has 2 saturated heterocycles. The number of aryl methyl sites for hydroxylation is 2. The van der Waals surface area contributed by atoms with E-state index in [0.717, 1.165) is 70.9 Å². The van der Waals surface area contributed by atoms with Crippen LogP contribution in [0.5, 0.6) is 0 Å². The molecule has 6 nitrogen and oxygen atoms in total. The van der Waals surface area contributed by atoms with Crippen LogP contribution in [0.25, 0.3) is 33.5 Å². The van der Waals surface area contributed by atoms with Crippen molar-refractivity contribution in [1.82, 2.24) is 19.4 Å². The molecule has 2 fully saturated rings. The number of hydrogen-bond acceptors (Lipinski definition) is 5. The van der Waals surface area contributed by atoms with Gasteiger partial charge in [-0.05, 0) is 85.0 Å². The molecule has 1 aromatic heterocycles. The Hall–Kier alpha value is -3.07. The number of nitrogens with zero attached hydrogens (tertiary/aromatic N) is 4. The minimum atomic E-state index is -3.26. The van der Waals surface area contributed by atoms with E-state index >= 15 is 4.39 Å². The predicted molar refractivity (Wildman–Crippen MR) is 149 cm³/mol. The van der Waals surface area contributed by atoms with Crippen LogP contribution in [0.3, 0.4) is 0 Å². The van der Waals surface area contributed by atoms with Crippen molar-refractivity contribution in [2.45, 2.75) is 18.4 Å². The van der Waals surface area contributed by atoms with Gasteiger partial charge in [0.25, 0.3) is 0 Å². The van der Waals surface area contributed by atoms with E-state index in [4.69, 9.17) is 4.98 Å². The number of hydrogen-bond donors (Lipinski definition) is 0. The van der Waals surface area contributed by atoms with E-state index < -0.39 is 9.84 Å². The number of aromatic nitrogens is 2. The molecule has 38 heavy (non-hydrogen) atoms. The standard InChI is InChI=1S/C30H33FN4O2S/c1-19-11-23(13-28-29(19)32-30(34(28)3)20-7-9-26(10-8-20)38(4,36)37)21-5-6-22(27(31)12-21)16-35-17-24-14-33(2)15-25(24)18-35/h5-13,24-25H,14-18H2,1-4H3. The SMILES string of the molecule is Cc1cc(-c2ccc(CN3CC4CN(C)CC4C3)c(F)c2)cc2c1nc(-c1ccc(S(C)(=O)=O)cc1)n2C. The minimum Gasteiger partial charge on any atom is -0.327 e. The quantitative estimate of drug-likeness (QED) is 0.371. The highest BCUT2D eigenvalue weighted by atomic mass is 32.2. The molecule has 8 heteroatoms. The van der Waals surface area contributed by atoms with Crippen molar-refractivity contribution in [2.24, 2.45) is 18.9 Å². The highest BCUT2D eigenvalue weighted by Gasteiger charge is 2.38. The van der Waals surface area contributed by atoms with Crippen molar-refractivity contribution in [2.75, 3.05) is 39.5 Å². The summed E-state index contributed by atoms with van der Waals surface area (Å²) >= 11 is 0. The second kappa shape index (κ2) is 9.29. The highest BCUT2D eigenvalue weighted by molar-refractivity contribution is 7.90. The fourth-order valence-corrected chi connectivity index (χ4v) is 6.91. The molecule has 0 bridgehead atoms. The number of halogens is 1. The number of likely N-dealkylation sites (tertiary alicyclic amines) is 2. The fourth-order valence-electron chi connectivity index (χ4n) is 6.28. The summed E-state index contributed by atoms with van der Waals surface area (Å²) in [6, 6.07) is 16.5. The van der Waals surface area contributed by atoms with E-state index in [9.17, 15) is 8.42 Å². The number of benzene rings is 3. The largest absolute Gasteiger partial charge is 0.327 e. The zero-order chi connectivity index (χ0) is 26.8. The van der Waals surface area contributed by atoms with Gasteiger partial charge in [-0.3, -0.25) is 4.90 Å². The Kier molecular flexibility index (Phi) is 6.17. The van der Waals surface area contributed by atoms with Crippen molar-refractivity contribution < 1.29 is 12.8 Å². The van der Waals surface area contributed by atoms with Crippen LogP contribution in [0.4, 0.5) is 4.39 Å². The average Bonchev–Trinajstić information content (AvgIpc) is 3.51. The monoisotopic (exact) mass is 532 g/mol. The molecule has 0 radical (unpaired) electrons. The summed E-state index contributed by atoms with van der Waals surface area (Å²) in [7, 11) is 0.874. The third kappa shape index (κ3) is 4.55. The topological polar surface area (TPSA) is 58.4 Å². The molecule has 0 saturated carbocycles. The van der Waals surface area contributed by atoms with Crippen LogP contribution >= 0.6 is 0 Å². The Labute approximate surface area is 223 Å². The molecule has 0 N–H and O–H groups in total. The first-order chi connectivity index (χ1) is 18.1. The molecule has 2 aliphatic heterocycles. The van der Waals surface area contributed by atoms with Crippen molar-refractivity contribution in [3.8, 4) is 22.5 Å². The lowest BCUT2D eigenvalue weighted by molar-refractivity contribution is 0.269. The molecule has 3 aromatic carbocycles. The van der Waals surface area contributed by atoms with E-state index in [-0.39, 0.29) is 10.7 Å². The first-order valence-electron chi connectivity index (χ1n) is 13.0. The van der Waals surface area contributed by atoms with Crippen molar-refractivity contribution in [3.63, 3.8) is 0 Å². The van der Waals surface area contributed by atoms with Crippen molar-refractivity contribution in [1.29, 1.82) is 0 Å². The molecule has 0 aliphatic carbocycles. The summed E-state index contributed by atoms with van der Waals surface area (Å²) in [6.07, 6.45) is 1.20. The molecule has 2 unspecified atom stereocenters. The molecular formula is C30H33FN4O2S. The third-order valence-electron chi connectivity index (χ3n) is 8.24. The zero-order valence-corrected chi connectivity index (χ0v) is 23.1. The first kappa shape index (κ1) is 25.2. The third-order valence-corrected chi connectivity index (χ3v) is 9.37. The summed E-state index contributed by atoms with van der Waals surface area (Å²) < 4.78 is 41.0. The number of rotatable bonds is 5. The Balaban J connectivity index is 1.27. The van der Waals surface area contributed by atoms with Crippen LogP contribution < -0.4 is 0 Å². The molecule has 3 heterocycles. The number of imidazole rings is 1. The van der Waals surface area contributed by atoms with Gasteiger partial charge >= 0.3 is 0 Å². The smallest absolute Gasteiger partial charge is 0.175 e. The van der Waals surface area contributed by atoms with E-state index in [0.29, 0.717) is 18.4 Å². The summed E-state index contributed by atoms with van der Waals surface area (Å²) in [5, 5.41) is 0. The van der Waals surface area contributed by atoms with Gasteiger partial charge in [0.2, 0.25) is 0 Å². The van der Waals surface area contributed by atoms with Gasteiger partial charge in [-0.1, -0.05) is 12.1 Å². The fraction of sp³-hybridized carbons (Fsp3) is 0.367. The minimum absolute atomic E-state index is 0.161. The Morgan fingerprint density at radius 2 is 1.55 bits per heavy atom. The van der Waals surface area contributed by atoms with Crippen LogP contribution in [0, 0.1) is 24.6 Å². The van der Waals surface area contributed by atoms with Crippen LogP contribution in [-0.4, -0.2) is 67.3 Å². The molecule has 198 valence electrons. The van der Waals surface area contributed by atoms with Gasteiger partial charge in [0.15, 0.2) is 9.84 Å². The lowest BCUT2D eigenvalue weighted by Crippen LogP contribution is -2.26. The summed E-state index contributed by atoms with van der Waals surface area (Å²) in [4.78, 5) is 9.94.